The van der Waals surface area contributed by atoms with Crippen LogP contribution in [0.15, 0.2) is 54.7 Å². The Kier molecular flexibility index (Phi) is 20.5. The van der Waals surface area contributed by atoms with E-state index in [0.717, 1.165) is 38.9 Å². The molecule has 12 heteroatoms. The molecule has 12 nitrogen and oxygen atoms in total. The minimum Gasteiger partial charge on any atom is -0.339 e. The number of allylic oxidation sites excluding steroid dienone is 1. The van der Waals surface area contributed by atoms with E-state index in [-0.39, 0.29) is 44.1 Å². The molecule has 3 heterocycles. The molecule has 0 radical (unpaired) electrons. The number of hydrogen-bond donors (Lipinski definition) is 0. The number of aliphatic imine (C=N–C) groups is 1. The molecule has 1 aliphatic heterocycles. The summed E-state index contributed by atoms with van der Waals surface area (Å²) in [6, 6.07) is 0. The molecule has 0 saturated carbocycles. The van der Waals surface area contributed by atoms with E-state index in [2.05, 4.69) is 59.9 Å². The summed E-state index contributed by atoms with van der Waals surface area (Å²) in [6.07, 6.45) is 33.1. The molecule has 0 N–H and O–H groups in total. The monoisotopic (exact) mass is 724 g/mol. The topological polar surface area (TPSA) is 94.2 Å². The van der Waals surface area contributed by atoms with Gasteiger partial charge < -0.3 is 19.6 Å². The third-order valence-corrected chi connectivity index (χ3v) is 9.58. The molecule has 1 aliphatic rings. The van der Waals surface area contributed by atoms with Crippen LogP contribution < -0.4 is 9.13 Å². The summed E-state index contributed by atoms with van der Waals surface area (Å²) < 4.78 is 8.44. The average molecular weight is 724 g/mol. The van der Waals surface area contributed by atoms with Crippen molar-refractivity contribution in [3.05, 3.63) is 49.7 Å². The summed E-state index contributed by atoms with van der Waals surface area (Å²) in [5, 5.41) is 0. The molecule has 290 valence electrons. The highest BCUT2D eigenvalue weighted by atomic mass is 16.2. The molecule has 3 rings (SSSR count). The lowest BCUT2D eigenvalue weighted by atomic mass is 10.2. The second-order valence-corrected chi connectivity index (χ2v) is 14.2. The maximum atomic E-state index is 13.7. The van der Waals surface area contributed by atoms with Gasteiger partial charge in [-0.1, -0.05) is 71.8 Å². The molecule has 52 heavy (non-hydrogen) atoms. The molecule has 0 spiro atoms. The number of unbranched alkanes of at least 4 members (excludes halogenated alkanes) is 9. The summed E-state index contributed by atoms with van der Waals surface area (Å²) in [4.78, 5) is 52.4. The third-order valence-electron chi connectivity index (χ3n) is 9.58. The van der Waals surface area contributed by atoms with E-state index in [9.17, 15) is 14.4 Å². The van der Waals surface area contributed by atoms with Crippen LogP contribution >= 0.6 is 0 Å². The Morgan fingerprint density at radius 2 is 1.12 bits per heavy atom. The molecule has 0 atom stereocenters. The number of amides is 3. The van der Waals surface area contributed by atoms with Crippen LogP contribution in [0.5, 0.6) is 0 Å². The lowest BCUT2D eigenvalue weighted by Gasteiger charge is -2.42. The van der Waals surface area contributed by atoms with Crippen LogP contribution in [0.4, 0.5) is 0 Å². The van der Waals surface area contributed by atoms with E-state index in [4.69, 9.17) is 0 Å². The molecule has 1 fully saturated rings. The van der Waals surface area contributed by atoms with Gasteiger partial charge in [0.2, 0.25) is 30.4 Å². The molecule has 0 aromatic carbocycles. The Hall–Kier alpha value is -3.96. The number of carbonyl (C=O) groups is 3. The van der Waals surface area contributed by atoms with Crippen molar-refractivity contribution >= 4 is 24.1 Å². The van der Waals surface area contributed by atoms with Gasteiger partial charge in [-0.15, -0.1) is 0 Å². The van der Waals surface area contributed by atoms with Crippen LogP contribution in [0.25, 0.3) is 0 Å². The summed E-state index contributed by atoms with van der Waals surface area (Å²) in [5.41, 5.74) is 0. The maximum Gasteiger partial charge on any atom is 0.243 e. The highest BCUT2D eigenvalue weighted by Gasteiger charge is 2.32. The summed E-state index contributed by atoms with van der Waals surface area (Å²) in [5.74, 6) is -0.234. The van der Waals surface area contributed by atoms with Gasteiger partial charge in [0.05, 0.1) is 65.4 Å². The molecule has 2 aromatic rings. The molecule has 0 unspecified atom stereocenters. The van der Waals surface area contributed by atoms with Crippen LogP contribution in [0.3, 0.4) is 0 Å². The number of hydrogen-bond acceptors (Lipinski definition) is 4. The van der Waals surface area contributed by atoms with Gasteiger partial charge in [-0.25, -0.2) is 18.3 Å². The van der Waals surface area contributed by atoms with Gasteiger partial charge in [0.15, 0.2) is 0 Å². The van der Waals surface area contributed by atoms with Crippen molar-refractivity contribution in [2.75, 3.05) is 33.1 Å². The van der Waals surface area contributed by atoms with Crippen molar-refractivity contribution < 1.29 is 23.5 Å². The first kappa shape index (κ1) is 42.5. The van der Waals surface area contributed by atoms with Gasteiger partial charge in [-0.05, 0) is 39.0 Å². The van der Waals surface area contributed by atoms with Gasteiger partial charge >= 0.3 is 0 Å². The second kappa shape index (κ2) is 25.1. The number of nitrogens with zero attached hydrogens (tertiary/aromatic N) is 9. The number of carbonyl (C=O) groups excluding carboxylic acids is 3. The molecule has 0 bridgehead atoms. The minimum atomic E-state index is -0.0924. The van der Waals surface area contributed by atoms with Crippen molar-refractivity contribution in [1.29, 1.82) is 0 Å². The zero-order valence-corrected chi connectivity index (χ0v) is 32.9. The van der Waals surface area contributed by atoms with Crippen LogP contribution in [0.2, 0.25) is 0 Å². The van der Waals surface area contributed by atoms with E-state index in [1.807, 2.05) is 52.0 Å². The highest BCUT2D eigenvalue weighted by Crippen LogP contribution is 2.14. The Bertz CT molecular complexity index is 1290. The van der Waals surface area contributed by atoms with Crippen molar-refractivity contribution in [1.82, 2.24) is 28.7 Å². The summed E-state index contributed by atoms with van der Waals surface area (Å²) in [7, 11) is 0. The molecule has 2 aromatic heterocycles. The zero-order valence-electron chi connectivity index (χ0n) is 32.9. The van der Waals surface area contributed by atoms with E-state index >= 15 is 0 Å². The Morgan fingerprint density at radius 3 is 1.58 bits per heavy atom. The van der Waals surface area contributed by atoms with Gasteiger partial charge in [0, 0.05) is 25.7 Å². The number of aromatic nitrogens is 4. The Labute approximate surface area is 313 Å². The first-order chi connectivity index (χ1) is 25.4. The normalized spacial score (nSPS) is 13.6. The van der Waals surface area contributed by atoms with Crippen molar-refractivity contribution in [3.63, 3.8) is 0 Å². The lowest BCUT2D eigenvalue weighted by molar-refractivity contribution is -0.697. The van der Waals surface area contributed by atoms with E-state index in [0.29, 0.717) is 32.5 Å². The van der Waals surface area contributed by atoms with Crippen LogP contribution in [0, 0.1) is 0 Å². The molecule has 1 saturated heterocycles. The largest absolute Gasteiger partial charge is 0.339 e. The van der Waals surface area contributed by atoms with Crippen molar-refractivity contribution in [3.8, 4) is 0 Å². The van der Waals surface area contributed by atoms with Crippen LogP contribution in [0.1, 0.15) is 124 Å². The SMILES string of the molecule is C/C=C\N(C=NCCCCCC)CCC(=O)N1CN(C(=O)CCn2cc[n+](CCCCCC)c2)CN(C(=O)CCn2cc[n+](CCCCCC)c2)C1. The predicted octanol–water partition coefficient (Wildman–Crippen LogP) is 5.71. The molecule has 0 aliphatic carbocycles. The first-order valence-corrected chi connectivity index (χ1v) is 20.2. The number of aryl methyl sites for hydroxylation is 4. The van der Waals surface area contributed by atoms with Crippen LogP contribution in [-0.2, 0) is 40.6 Å². The quantitative estimate of drug-likeness (QED) is 0.0538. The van der Waals surface area contributed by atoms with Crippen molar-refractivity contribution in [2.24, 2.45) is 4.99 Å². The fourth-order valence-corrected chi connectivity index (χ4v) is 6.38. The van der Waals surface area contributed by atoms with E-state index in [1.165, 1.54) is 57.8 Å². The zero-order chi connectivity index (χ0) is 37.4. The fourth-order valence-electron chi connectivity index (χ4n) is 6.38. The standard InChI is InChI=1S/C40H69N9O3/c1-5-9-12-15-21-41-32-42(22-8-4)25-18-38(50)47-35-48(39(51)19-26-45-30-28-43(33-45)23-16-13-10-6-2)37-49(36-47)40(52)20-27-46-31-29-44(34-46)24-17-14-11-7-3/h8,22,28-34H,5-7,9-21,23-27,35-37H2,1-4H3/q+2/b22-8-,41-32?. The van der Waals surface area contributed by atoms with E-state index < -0.39 is 0 Å². The van der Waals surface area contributed by atoms with E-state index in [1.54, 1.807) is 14.7 Å². The van der Waals surface area contributed by atoms with Gasteiger partial charge in [0.25, 0.3) is 0 Å². The van der Waals surface area contributed by atoms with Gasteiger partial charge in [-0.2, -0.15) is 0 Å². The molecular weight excluding hydrogens is 654 g/mol. The highest BCUT2D eigenvalue weighted by molar-refractivity contribution is 5.82. The number of rotatable bonds is 26. The van der Waals surface area contributed by atoms with Crippen LogP contribution in [-0.4, -0.2) is 85.9 Å². The predicted molar refractivity (Wildman–Crippen MR) is 206 cm³/mol. The second-order valence-electron chi connectivity index (χ2n) is 14.2. The fraction of sp³-hybridized carbons (Fsp3) is 0.700. The lowest BCUT2D eigenvalue weighted by Crippen LogP contribution is -2.59. The van der Waals surface area contributed by atoms with Crippen molar-refractivity contribution in [2.45, 2.75) is 150 Å². The maximum absolute atomic E-state index is 13.7. The smallest absolute Gasteiger partial charge is 0.243 e. The summed E-state index contributed by atoms with van der Waals surface area (Å²) in [6.45, 7) is 13.4. The minimum absolute atomic E-state index is 0.0706. The molecular formula is C40H69N9O3+2. The Morgan fingerprint density at radius 1 is 0.654 bits per heavy atom. The molecule has 3 amide bonds. The Balaban J connectivity index is 1.61. The third kappa shape index (κ3) is 16.2. The number of imidazole rings is 2. The van der Waals surface area contributed by atoms with Gasteiger partial charge in [0.1, 0.15) is 24.8 Å². The first-order valence-electron chi connectivity index (χ1n) is 20.2. The average Bonchev–Trinajstić information content (AvgIpc) is 3.82. The van der Waals surface area contributed by atoms with Gasteiger partial charge in [-0.3, -0.25) is 19.4 Å². The summed E-state index contributed by atoms with van der Waals surface area (Å²) >= 11 is 0.